The lowest BCUT2D eigenvalue weighted by Crippen LogP contribution is -2.47. The number of carbonyl (C=O) groups excluding carboxylic acids is 1. The van der Waals surface area contributed by atoms with Gasteiger partial charge in [0.15, 0.2) is 0 Å². The third-order valence-corrected chi connectivity index (χ3v) is 4.55. The third-order valence-electron chi connectivity index (χ3n) is 4.55. The number of allylic oxidation sites excluding steroid dienone is 2. The minimum atomic E-state index is -0.554. The Hall–Kier alpha value is -2.11. The van der Waals surface area contributed by atoms with Crippen LogP contribution in [-0.2, 0) is 6.54 Å². The number of likely N-dealkylation sites (N-methyl/N-ethyl adjacent to an activating group) is 1. The first-order valence-corrected chi connectivity index (χ1v) is 7.51. The number of benzene rings is 1. The first-order valence-electron chi connectivity index (χ1n) is 7.51. The number of nitrogens with zero attached hydrogens (tertiary/aromatic N) is 2. The van der Waals surface area contributed by atoms with Crippen LogP contribution in [0.15, 0.2) is 42.6 Å². The Morgan fingerprint density at radius 1 is 1.27 bits per heavy atom. The molecule has 3 rings (SSSR count). The van der Waals surface area contributed by atoms with E-state index in [1.165, 1.54) is 0 Å². The molecule has 2 unspecified atom stereocenters. The maximum Gasteiger partial charge on any atom is 0.254 e. The SMILES string of the molecule is CC(C1C=CC=CN1C)N1Cc2ccc(C(N)N)cc2C1=O. The fourth-order valence-corrected chi connectivity index (χ4v) is 3.16. The van der Waals surface area contributed by atoms with Gasteiger partial charge in [0.05, 0.1) is 18.2 Å². The van der Waals surface area contributed by atoms with Crippen molar-refractivity contribution in [2.45, 2.75) is 31.7 Å². The molecule has 22 heavy (non-hydrogen) atoms. The molecule has 2 aliphatic heterocycles. The van der Waals surface area contributed by atoms with Crippen LogP contribution in [0.1, 0.15) is 34.6 Å². The molecule has 0 aliphatic carbocycles. The van der Waals surface area contributed by atoms with Gasteiger partial charge in [0.2, 0.25) is 0 Å². The number of hydrogen-bond donors (Lipinski definition) is 2. The van der Waals surface area contributed by atoms with E-state index in [0.29, 0.717) is 6.54 Å². The molecule has 2 heterocycles. The van der Waals surface area contributed by atoms with E-state index in [-0.39, 0.29) is 18.0 Å². The van der Waals surface area contributed by atoms with Gasteiger partial charge in [-0.05, 0) is 36.4 Å². The summed E-state index contributed by atoms with van der Waals surface area (Å²) in [6, 6.07) is 5.96. The van der Waals surface area contributed by atoms with Crippen LogP contribution in [0.3, 0.4) is 0 Å². The minimum Gasteiger partial charge on any atom is -0.372 e. The van der Waals surface area contributed by atoms with Crippen molar-refractivity contribution < 1.29 is 4.79 Å². The van der Waals surface area contributed by atoms with E-state index in [1.807, 2.05) is 48.5 Å². The van der Waals surface area contributed by atoms with Gasteiger partial charge in [0.25, 0.3) is 5.91 Å². The van der Waals surface area contributed by atoms with Gasteiger partial charge in [-0.15, -0.1) is 0 Å². The highest BCUT2D eigenvalue weighted by atomic mass is 16.2. The summed E-state index contributed by atoms with van der Waals surface area (Å²) in [5, 5.41) is 0. The molecule has 0 saturated heterocycles. The summed E-state index contributed by atoms with van der Waals surface area (Å²) in [7, 11) is 2.03. The Morgan fingerprint density at radius 2 is 2.05 bits per heavy atom. The second-order valence-corrected chi connectivity index (χ2v) is 6.00. The van der Waals surface area contributed by atoms with Crippen molar-refractivity contribution in [1.29, 1.82) is 0 Å². The van der Waals surface area contributed by atoms with Gasteiger partial charge < -0.3 is 21.3 Å². The first-order chi connectivity index (χ1) is 10.5. The highest BCUT2D eigenvalue weighted by molar-refractivity contribution is 5.98. The third kappa shape index (κ3) is 2.42. The van der Waals surface area contributed by atoms with Crippen LogP contribution in [0, 0.1) is 0 Å². The predicted molar refractivity (Wildman–Crippen MR) is 86.7 cm³/mol. The maximum absolute atomic E-state index is 12.7. The summed E-state index contributed by atoms with van der Waals surface area (Å²) in [6.45, 7) is 2.72. The molecule has 0 radical (unpaired) electrons. The zero-order valence-electron chi connectivity index (χ0n) is 12.9. The molecule has 1 amide bonds. The fraction of sp³-hybridized carbons (Fsp3) is 0.353. The molecular weight excluding hydrogens is 276 g/mol. The first kappa shape index (κ1) is 14.8. The zero-order valence-corrected chi connectivity index (χ0v) is 12.9. The molecule has 0 saturated carbocycles. The summed E-state index contributed by atoms with van der Waals surface area (Å²) >= 11 is 0. The van der Waals surface area contributed by atoms with E-state index in [4.69, 9.17) is 11.5 Å². The van der Waals surface area contributed by atoms with Crippen molar-refractivity contribution in [2.75, 3.05) is 7.05 Å². The smallest absolute Gasteiger partial charge is 0.254 e. The number of rotatable bonds is 3. The molecule has 5 nitrogen and oxygen atoms in total. The summed E-state index contributed by atoms with van der Waals surface area (Å²) in [6.07, 6.45) is 7.63. The van der Waals surface area contributed by atoms with Crippen LogP contribution in [0.5, 0.6) is 0 Å². The number of carbonyl (C=O) groups is 1. The Morgan fingerprint density at radius 3 is 2.73 bits per heavy atom. The van der Waals surface area contributed by atoms with Crippen LogP contribution in [0.2, 0.25) is 0 Å². The molecule has 2 atom stereocenters. The van der Waals surface area contributed by atoms with E-state index in [0.717, 1.165) is 16.7 Å². The quantitative estimate of drug-likeness (QED) is 0.826. The van der Waals surface area contributed by atoms with E-state index in [1.54, 1.807) is 0 Å². The van der Waals surface area contributed by atoms with Gasteiger partial charge in [0, 0.05) is 19.2 Å². The molecular formula is C17H22N4O. The number of hydrogen-bond acceptors (Lipinski definition) is 4. The minimum absolute atomic E-state index is 0.0568. The van der Waals surface area contributed by atoms with Gasteiger partial charge in [-0.1, -0.05) is 24.3 Å². The Balaban J connectivity index is 1.84. The molecule has 1 aromatic carbocycles. The average Bonchev–Trinajstić information content (AvgIpc) is 2.84. The topological polar surface area (TPSA) is 75.6 Å². The Bertz CT molecular complexity index is 650. The average molecular weight is 298 g/mol. The lowest BCUT2D eigenvalue weighted by molar-refractivity contribution is 0.0658. The van der Waals surface area contributed by atoms with Crippen LogP contribution in [0.4, 0.5) is 0 Å². The van der Waals surface area contributed by atoms with E-state index < -0.39 is 6.17 Å². The van der Waals surface area contributed by atoms with E-state index >= 15 is 0 Å². The molecule has 0 bridgehead atoms. The molecule has 116 valence electrons. The van der Waals surface area contributed by atoms with Gasteiger partial charge in [-0.2, -0.15) is 0 Å². The molecule has 0 fully saturated rings. The van der Waals surface area contributed by atoms with Crippen LogP contribution < -0.4 is 11.5 Å². The summed E-state index contributed by atoms with van der Waals surface area (Å²) in [4.78, 5) is 16.8. The molecule has 4 N–H and O–H groups in total. The van der Waals surface area contributed by atoms with E-state index in [2.05, 4.69) is 17.9 Å². The number of nitrogens with two attached hydrogens (primary N) is 2. The Kier molecular flexibility index (Phi) is 3.76. The van der Waals surface area contributed by atoms with Gasteiger partial charge in [-0.3, -0.25) is 4.79 Å². The summed E-state index contributed by atoms with van der Waals surface area (Å²) in [5.41, 5.74) is 14.0. The maximum atomic E-state index is 12.7. The molecule has 5 heteroatoms. The van der Waals surface area contributed by atoms with Crippen molar-refractivity contribution in [1.82, 2.24) is 9.80 Å². The van der Waals surface area contributed by atoms with Crippen LogP contribution >= 0.6 is 0 Å². The highest BCUT2D eigenvalue weighted by Crippen LogP contribution is 2.28. The highest BCUT2D eigenvalue weighted by Gasteiger charge is 2.35. The predicted octanol–water partition coefficient (Wildman–Crippen LogP) is 1.33. The Labute approximate surface area is 130 Å². The normalized spacial score (nSPS) is 21.7. The molecule has 0 spiro atoms. The van der Waals surface area contributed by atoms with Crippen molar-refractivity contribution in [3.8, 4) is 0 Å². The number of fused-ring (bicyclic) bond motifs is 1. The van der Waals surface area contributed by atoms with Gasteiger partial charge >= 0.3 is 0 Å². The number of amides is 1. The largest absolute Gasteiger partial charge is 0.372 e. The van der Waals surface area contributed by atoms with E-state index in [9.17, 15) is 4.79 Å². The van der Waals surface area contributed by atoms with Crippen molar-refractivity contribution in [3.05, 3.63) is 59.3 Å². The lowest BCUT2D eigenvalue weighted by atomic mass is 10.0. The molecule has 0 aromatic heterocycles. The molecule has 2 aliphatic rings. The van der Waals surface area contributed by atoms with Gasteiger partial charge in [0.1, 0.15) is 0 Å². The summed E-state index contributed by atoms with van der Waals surface area (Å²) in [5.74, 6) is 0.0568. The van der Waals surface area contributed by atoms with Crippen molar-refractivity contribution in [2.24, 2.45) is 11.5 Å². The zero-order chi connectivity index (χ0) is 15.9. The van der Waals surface area contributed by atoms with Crippen molar-refractivity contribution >= 4 is 5.91 Å². The monoisotopic (exact) mass is 298 g/mol. The second kappa shape index (κ2) is 5.59. The second-order valence-electron chi connectivity index (χ2n) is 6.00. The standard InChI is InChI=1S/C17H22N4O/c1-11(15-5-3-4-8-20(15)2)21-10-13-7-6-12(16(18)19)9-14(13)17(21)22/h3-9,11,15-16H,10,18-19H2,1-2H3. The van der Waals surface area contributed by atoms with Crippen LogP contribution in [-0.4, -0.2) is 34.8 Å². The van der Waals surface area contributed by atoms with Crippen molar-refractivity contribution in [3.63, 3.8) is 0 Å². The lowest BCUT2D eigenvalue weighted by Gasteiger charge is -2.36. The molecule has 1 aromatic rings. The fourth-order valence-electron chi connectivity index (χ4n) is 3.16. The summed E-state index contributed by atoms with van der Waals surface area (Å²) < 4.78 is 0. The van der Waals surface area contributed by atoms with Gasteiger partial charge in [-0.25, -0.2) is 0 Å². The van der Waals surface area contributed by atoms with Crippen LogP contribution in [0.25, 0.3) is 0 Å².